The number of rotatable bonds is 7. The van der Waals surface area contributed by atoms with Crippen molar-refractivity contribution in [1.29, 1.82) is 5.26 Å². The molecule has 0 aliphatic carbocycles. The van der Waals surface area contributed by atoms with E-state index >= 15 is 0 Å². The van der Waals surface area contributed by atoms with E-state index in [0.29, 0.717) is 30.4 Å². The number of nitrogens with zero attached hydrogens (tertiary/aromatic N) is 4. The van der Waals surface area contributed by atoms with Gasteiger partial charge in [-0.2, -0.15) is 5.26 Å². The lowest BCUT2D eigenvalue weighted by molar-refractivity contribution is -0.132. The maximum atomic E-state index is 12.5. The molecule has 0 saturated carbocycles. The Morgan fingerprint density at radius 1 is 1.24 bits per heavy atom. The molecule has 33 heavy (non-hydrogen) atoms. The van der Waals surface area contributed by atoms with Crippen molar-refractivity contribution in [3.63, 3.8) is 0 Å². The average molecular weight is 518 g/mol. The van der Waals surface area contributed by atoms with Crippen molar-refractivity contribution in [2.24, 2.45) is 11.0 Å². The van der Waals surface area contributed by atoms with Gasteiger partial charge < -0.3 is 10.2 Å². The molecule has 1 atom stereocenters. The summed E-state index contributed by atoms with van der Waals surface area (Å²) in [5, 5.41) is 18.5. The summed E-state index contributed by atoms with van der Waals surface area (Å²) in [5.74, 6) is 6.94. The number of primary sulfonamides is 1. The van der Waals surface area contributed by atoms with Crippen molar-refractivity contribution >= 4 is 51.7 Å². The van der Waals surface area contributed by atoms with Crippen molar-refractivity contribution in [2.75, 3.05) is 43.1 Å². The van der Waals surface area contributed by atoms with Crippen molar-refractivity contribution in [3.05, 3.63) is 24.3 Å². The molecular weight excluding hydrogens is 490 g/mol. The summed E-state index contributed by atoms with van der Waals surface area (Å²) in [6, 6.07) is 7.44. The fourth-order valence-corrected chi connectivity index (χ4v) is 5.33. The number of hydrazine groups is 1. The number of hydrogen-bond acceptors (Lipinski definition) is 9. The predicted octanol–water partition coefficient (Wildman–Crippen LogP) is -0.241. The van der Waals surface area contributed by atoms with Crippen LogP contribution in [0.3, 0.4) is 0 Å². The van der Waals surface area contributed by atoms with E-state index in [0.717, 1.165) is 12.8 Å². The van der Waals surface area contributed by atoms with Gasteiger partial charge >= 0.3 is 0 Å². The minimum absolute atomic E-state index is 0. The number of sulfonamides is 1. The third-order valence-electron chi connectivity index (χ3n) is 5.53. The Kier molecular flexibility index (Phi) is 9.92. The molecule has 0 aromatic heterocycles. The second-order valence-electron chi connectivity index (χ2n) is 7.81. The van der Waals surface area contributed by atoms with Gasteiger partial charge in [-0.3, -0.25) is 20.3 Å². The molecule has 2 heterocycles. The lowest BCUT2D eigenvalue weighted by Gasteiger charge is -2.36. The molecule has 0 spiro atoms. The Morgan fingerprint density at radius 2 is 1.88 bits per heavy atom. The van der Waals surface area contributed by atoms with Crippen LogP contribution in [-0.2, 0) is 19.6 Å². The molecule has 2 fully saturated rings. The highest BCUT2D eigenvalue weighted by Crippen LogP contribution is 2.21. The number of amides is 2. The Hall–Kier alpha value is -1.92. The Labute approximate surface area is 203 Å². The summed E-state index contributed by atoms with van der Waals surface area (Å²) < 4.78 is 22.6. The summed E-state index contributed by atoms with van der Waals surface area (Å²) in [4.78, 5) is 28.3. The average Bonchev–Trinajstić information content (AvgIpc) is 3.23. The number of piperidine rings is 1. The third-order valence-corrected chi connectivity index (χ3v) is 7.47. The quantitative estimate of drug-likeness (QED) is 0.326. The fraction of sp³-hybridized carbons (Fsp3) is 0.526. The van der Waals surface area contributed by atoms with Crippen LogP contribution in [0, 0.1) is 11.3 Å². The van der Waals surface area contributed by atoms with E-state index in [4.69, 9.17) is 16.2 Å². The number of likely N-dealkylation sites (tertiary alicyclic amines) is 1. The molecule has 1 aromatic rings. The Balaban J connectivity index is 0.00000385. The molecule has 182 valence electrons. The monoisotopic (exact) mass is 517 g/mol. The molecule has 2 aliphatic rings. The summed E-state index contributed by atoms with van der Waals surface area (Å²) in [5.41, 5.74) is 0.486. The van der Waals surface area contributed by atoms with Gasteiger partial charge in [0, 0.05) is 30.6 Å². The summed E-state index contributed by atoms with van der Waals surface area (Å²) >= 11 is 1.56. The standard InChI is InChI=1S/C19H27N7O4S2.ClH/c20-9-16-12-31-13-25(16)19(28)11-26(21)15-5-7-24(8-6-15)10-18(27)23-14-1-3-17(4-2-14)32(22,29)30;/h1-4,15-16H,5-8,10-13,21H2,(H,23,27)(H2,22,29,30);1H. The second kappa shape index (κ2) is 12.0. The lowest BCUT2D eigenvalue weighted by atomic mass is 10.0. The minimum atomic E-state index is -3.77. The summed E-state index contributed by atoms with van der Waals surface area (Å²) in [6.07, 6.45) is 1.44. The van der Waals surface area contributed by atoms with E-state index in [1.807, 2.05) is 4.90 Å². The fourth-order valence-electron chi connectivity index (χ4n) is 3.71. The van der Waals surface area contributed by atoms with Crippen molar-refractivity contribution < 1.29 is 18.0 Å². The maximum absolute atomic E-state index is 12.5. The summed E-state index contributed by atoms with van der Waals surface area (Å²) in [6.45, 7) is 1.58. The van der Waals surface area contributed by atoms with Crippen LogP contribution in [0.1, 0.15) is 12.8 Å². The van der Waals surface area contributed by atoms with Crippen molar-refractivity contribution in [2.45, 2.75) is 29.8 Å². The molecular formula is C19H28ClN7O4S2. The number of carbonyl (C=O) groups is 2. The first-order chi connectivity index (χ1) is 15.2. The molecule has 14 heteroatoms. The topological polar surface area (TPSA) is 166 Å². The molecule has 1 aromatic carbocycles. The highest BCUT2D eigenvalue weighted by atomic mass is 35.5. The number of carbonyl (C=O) groups excluding carboxylic acids is 2. The van der Waals surface area contributed by atoms with Gasteiger partial charge in [0.15, 0.2) is 0 Å². The van der Waals surface area contributed by atoms with Crippen LogP contribution < -0.4 is 16.3 Å². The number of nitriles is 1. The molecule has 0 radical (unpaired) electrons. The highest BCUT2D eigenvalue weighted by Gasteiger charge is 2.31. The van der Waals surface area contributed by atoms with Crippen molar-refractivity contribution in [1.82, 2.24) is 14.8 Å². The van der Waals surface area contributed by atoms with Crippen LogP contribution >= 0.6 is 24.2 Å². The van der Waals surface area contributed by atoms with E-state index in [9.17, 15) is 18.0 Å². The van der Waals surface area contributed by atoms with Gasteiger partial charge in [-0.25, -0.2) is 18.6 Å². The largest absolute Gasteiger partial charge is 0.325 e. The molecule has 1 unspecified atom stereocenters. The second-order valence-corrected chi connectivity index (χ2v) is 10.4. The van der Waals surface area contributed by atoms with Crippen LogP contribution in [0.15, 0.2) is 29.2 Å². The van der Waals surface area contributed by atoms with Crippen molar-refractivity contribution in [3.8, 4) is 6.07 Å². The molecule has 3 rings (SSSR count). The van der Waals surface area contributed by atoms with Crippen LogP contribution in [0.4, 0.5) is 5.69 Å². The van der Waals surface area contributed by atoms with Gasteiger partial charge in [0.2, 0.25) is 21.8 Å². The number of hydrogen-bond donors (Lipinski definition) is 3. The molecule has 5 N–H and O–H groups in total. The van der Waals surface area contributed by atoms with Crippen LogP contribution in [-0.4, -0.2) is 84.9 Å². The van der Waals surface area contributed by atoms with E-state index in [1.54, 1.807) is 21.7 Å². The van der Waals surface area contributed by atoms with Gasteiger partial charge in [0.05, 0.1) is 29.9 Å². The van der Waals surface area contributed by atoms with Gasteiger partial charge in [-0.05, 0) is 37.1 Å². The van der Waals surface area contributed by atoms with Crippen LogP contribution in [0.2, 0.25) is 0 Å². The number of thioether (sulfide) groups is 1. The number of anilines is 1. The first kappa shape index (κ1) is 27.3. The number of nitrogens with two attached hydrogens (primary N) is 2. The lowest BCUT2D eigenvalue weighted by Crippen LogP contribution is -2.53. The van der Waals surface area contributed by atoms with E-state index < -0.39 is 16.1 Å². The normalized spacial score (nSPS) is 19.7. The van der Waals surface area contributed by atoms with Gasteiger partial charge in [0.1, 0.15) is 6.04 Å². The molecule has 11 nitrogen and oxygen atoms in total. The zero-order chi connectivity index (χ0) is 23.3. The number of benzene rings is 1. The van der Waals surface area contributed by atoms with Crippen LogP contribution in [0.5, 0.6) is 0 Å². The molecule has 2 saturated heterocycles. The molecule has 2 amide bonds. The van der Waals surface area contributed by atoms with Gasteiger partial charge in [-0.15, -0.1) is 24.2 Å². The zero-order valence-electron chi connectivity index (χ0n) is 17.9. The number of halogens is 1. The summed E-state index contributed by atoms with van der Waals surface area (Å²) in [7, 11) is -3.77. The first-order valence-corrected chi connectivity index (χ1v) is 12.8. The Bertz CT molecular complexity index is 979. The van der Waals surface area contributed by atoms with Crippen LogP contribution in [0.25, 0.3) is 0 Å². The predicted molar refractivity (Wildman–Crippen MR) is 128 cm³/mol. The molecule has 2 aliphatic heterocycles. The SMILES string of the molecule is Cl.N#CC1CSCN1C(=O)CN(N)C1CCN(CC(=O)Nc2ccc(S(N)(=O)=O)cc2)CC1. The third kappa shape index (κ3) is 7.54. The van der Waals surface area contributed by atoms with E-state index in [2.05, 4.69) is 11.4 Å². The minimum Gasteiger partial charge on any atom is -0.325 e. The highest BCUT2D eigenvalue weighted by molar-refractivity contribution is 7.99. The van der Waals surface area contributed by atoms with E-state index in [1.165, 1.54) is 24.3 Å². The van der Waals surface area contributed by atoms with E-state index in [-0.39, 0.29) is 48.2 Å². The first-order valence-electron chi connectivity index (χ1n) is 10.1. The maximum Gasteiger partial charge on any atom is 0.239 e. The Morgan fingerprint density at radius 3 is 2.45 bits per heavy atom. The smallest absolute Gasteiger partial charge is 0.239 e. The molecule has 0 bridgehead atoms. The number of nitrogens with one attached hydrogen (secondary N) is 1. The zero-order valence-corrected chi connectivity index (χ0v) is 20.4. The van der Waals surface area contributed by atoms with Gasteiger partial charge in [-0.1, -0.05) is 0 Å². The van der Waals surface area contributed by atoms with Gasteiger partial charge in [0.25, 0.3) is 0 Å².